The van der Waals surface area contributed by atoms with Crippen molar-refractivity contribution in [3.8, 4) is 0 Å². The zero-order valence-electron chi connectivity index (χ0n) is 16.2. The number of rotatable bonds is 9. The lowest BCUT2D eigenvalue weighted by Gasteiger charge is -2.29. The summed E-state index contributed by atoms with van der Waals surface area (Å²) in [4.78, 5) is 2.40. The Balaban J connectivity index is 1.89. The fraction of sp³-hybridized carbons (Fsp3) is 1.00. The quantitative estimate of drug-likeness (QED) is 0.598. The Morgan fingerprint density at radius 2 is 1.46 bits per heavy atom. The van der Waals surface area contributed by atoms with Crippen LogP contribution in [0.5, 0.6) is 0 Å². The third-order valence-corrected chi connectivity index (χ3v) is 4.62. The molecule has 0 amide bonds. The van der Waals surface area contributed by atoms with Crippen LogP contribution in [0.1, 0.15) is 48.0 Å². The summed E-state index contributed by atoms with van der Waals surface area (Å²) in [5, 5.41) is 0. The highest BCUT2D eigenvalue weighted by Crippen LogP contribution is 2.32. The molecule has 2 saturated heterocycles. The van der Waals surface area contributed by atoms with Crippen LogP contribution >= 0.6 is 0 Å². The van der Waals surface area contributed by atoms with Crippen molar-refractivity contribution in [2.75, 3.05) is 39.5 Å². The molecule has 2 aliphatic rings. The Bertz CT molecular complexity index is 358. The van der Waals surface area contributed by atoms with E-state index in [1.165, 1.54) is 0 Å². The fourth-order valence-electron chi connectivity index (χ4n) is 3.26. The summed E-state index contributed by atoms with van der Waals surface area (Å²) in [6.45, 7) is 17.0. The molecular weight excluding hydrogens is 310 g/mol. The molecule has 6 nitrogen and oxygen atoms in total. The van der Waals surface area contributed by atoms with E-state index in [0.29, 0.717) is 19.8 Å². The van der Waals surface area contributed by atoms with Crippen molar-refractivity contribution in [1.82, 2.24) is 4.90 Å². The van der Waals surface area contributed by atoms with Crippen molar-refractivity contribution < 1.29 is 23.7 Å². The first-order valence-corrected chi connectivity index (χ1v) is 9.24. The number of hydrogen-bond donors (Lipinski definition) is 0. The van der Waals surface area contributed by atoms with Crippen LogP contribution in [-0.4, -0.2) is 74.2 Å². The molecule has 0 N–H and O–H groups in total. The molecule has 0 spiro atoms. The molecule has 0 aromatic heterocycles. The van der Waals surface area contributed by atoms with Gasteiger partial charge in [-0.15, -0.1) is 0 Å². The molecule has 0 aromatic rings. The van der Waals surface area contributed by atoms with Gasteiger partial charge in [0.15, 0.2) is 11.6 Å². The topological polar surface area (TPSA) is 49.4 Å². The van der Waals surface area contributed by atoms with Gasteiger partial charge in [-0.3, -0.25) is 0 Å². The van der Waals surface area contributed by atoms with Crippen molar-refractivity contribution in [2.45, 2.75) is 77.8 Å². The highest BCUT2D eigenvalue weighted by atomic mass is 16.8. The molecule has 2 heterocycles. The third-order valence-electron chi connectivity index (χ3n) is 4.62. The minimum Gasteiger partial charge on any atom is -0.373 e. The minimum absolute atomic E-state index is 0.129. The summed E-state index contributed by atoms with van der Waals surface area (Å²) in [5.74, 6) is -1.13. The van der Waals surface area contributed by atoms with Crippen LogP contribution in [-0.2, 0) is 23.7 Å². The van der Waals surface area contributed by atoms with E-state index < -0.39 is 11.6 Å². The van der Waals surface area contributed by atoms with E-state index in [1.807, 2.05) is 27.7 Å². The van der Waals surface area contributed by atoms with Crippen LogP contribution in [0.4, 0.5) is 0 Å². The SMILES string of the molecule is CCN(CC)CCCOC(C1COC(C)(C)O1)C1COC(C)(C)O1. The standard InChI is InChI=1S/C18H35NO5/c1-7-19(8-2)10-9-11-20-16(14-12-21-17(3,4)23-14)15-13-22-18(5,6)24-15/h14-16H,7-13H2,1-6H3. The molecule has 2 fully saturated rings. The summed E-state index contributed by atoms with van der Waals surface area (Å²) in [6, 6.07) is 0. The van der Waals surface area contributed by atoms with Gasteiger partial charge in [-0.05, 0) is 47.2 Å². The first-order chi connectivity index (χ1) is 11.3. The molecule has 2 atom stereocenters. The molecule has 6 heteroatoms. The number of nitrogens with zero attached hydrogens (tertiary/aromatic N) is 1. The molecule has 0 radical (unpaired) electrons. The lowest BCUT2D eigenvalue weighted by atomic mass is 10.1. The van der Waals surface area contributed by atoms with E-state index in [0.717, 1.165) is 26.1 Å². The summed E-state index contributed by atoms with van der Waals surface area (Å²) < 4.78 is 29.7. The van der Waals surface area contributed by atoms with Crippen molar-refractivity contribution in [1.29, 1.82) is 0 Å². The largest absolute Gasteiger partial charge is 0.373 e. The maximum Gasteiger partial charge on any atom is 0.163 e. The average Bonchev–Trinajstić information content (AvgIpc) is 3.05. The van der Waals surface area contributed by atoms with E-state index >= 15 is 0 Å². The third kappa shape index (κ3) is 5.64. The Morgan fingerprint density at radius 3 is 1.83 bits per heavy atom. The van der Waals surface area contributed by atoms with Crippen molar-refractivity contribution in [3.05, 3.63) is 0 Å². The zero-order chi connectivity index (χ0) is 17.8. The van der Waals surface area contributed by atoms with Crippen LogP contribution in [0.3, 0.4) is 0 Å². The van der Waals surface area contributed by atoms with E-state index in [1.54, 1.807) is 0 Å². The smallest absolute Gasteiger partial charge is 0.163 e. The normalized spacial score (nSPS) is 30.1. The van der Waals surface area contributed by atoms with Gasteiger partial charge in [0, 0.05) is 13.2 Å². The second kappa shape index (κ2) is 8.43. The second-order valence-corrected chi connectivity index (χ2v) is 7.45. The number of hydrogen-bond acceptors (Lipinski definition) is 6. The zero-order valence-corrected chi connectivity index (χ0v) is 16.2. The van der Waals surface area contributed by atoms with E-state index in [4.69, 9.17) is 23.7 Å². The lowest BCUT2D eigenvalue weighted by molar-refractivity contribution is -0.188. The summed E-state index contributed by atoms with van der Waals surface area (Å²) >= 11 is 0. The molecule has 0 aliphatic carbocycles. The molecule has 0 saturated carbocycles. The Hall–Kier alpha value is -0.240. The summed E-state index contributed by atoms with van der Waals surface area (Å²) in [7, 11) is 0. The van der Waals surface area contributed by atoms with Crippen molar-refractivity contribution in [3.63, 3.8) is 0 Å². The fourth-order valence-corrected chi connectivity index (χ4v) is 3.26. The molecule has 0 bridgehead atoms. The predicted molar refractivity (Wildman–Crippen MR) is 92.0 cm³/mol. The second-order valence-electron chi connectivity index (χ2n) is 7.45. The van der Waals surface area contributed by atoms with Gasteiger partial charge in [-0.25, -0.2) is 0 Å². The molecule has 142 valence electrons. The van der Waals surface area contributed by atoms with E-state index in [2.05, 4.69) is 18.7 Å². The van der Waals surface area contributed by atoms with Crippen LogP contribution in [0.15, 0.2) is 0 Å². The highest BCUT2D eigenvalue weighted by molar-refractivity contribution is 4.88. The lowest BCUT2D eigenvalue weighted by Crippen LogP contribution is -2.44. The number of ether oxygens (including phenoxy) is 5. The Morgan fingerprint density at radius 1 is 0.958 bits per heavy atom. The van der Waals surface area contributed by atoms with Crippen molar-refractivity contribution in [2.24, 2.45) is 0 Å². The first-order valence-electron chi connectivity index (χ1n) is 9.24. The van der Waals surface area contributed by atoms with Gasteiger partial charge in [-0.1, -0.05) is 13.8 Å². The van der Waals surface area contributed by atoms with E-state index in [-0.39, 0.29) is 18.3 Å². The molecule has 2 unspecified atom stereocenters. The Kier molecular flexibility index (Phi) is 7.05. The van der Waals surface area contributed by atoms with Gasteiger partial charge in [0.2, 0.25) is 0 Å². The maximum atomic E-state index is 6.20. The van der Waals surface area contributed by atoms with Crippen LogP contribution in [0.25, 0.3) is 0 Å². The van der Waals surface area contributed by atoms with Gasteiger partial charge in [0.25, 0.3) is 0 Å². The van der Waals surface area contributed by atoms with E-state index in [9.17, 15) is 0 Å². The van der Waals surface area contributed by atoms with Crippen LogP contribution < -0.4 is 0 Å². The van der Waals surface area contributed by atoms with Gasteiger partial charge in [0.1, 0.15) is 18.3 Å². The molecular formula is C18H35NO5. The molecule has 2 aliphatic heterocycles. The molecule has 0 aromatic carbocycles. The van der Waals surface area contributed by atoms with Crippen LogP contribution in [0, 0.1) is 0 Å². The van der Waals surface area contributed by atoms with Crippen molar-refractivity contribution >= 4 is 0 Å². The van der Waals surface area contributed by atoms with Gasteiger partial charge < -0.3 is 28.6 Å². The summed E-state index contributed by atoms with van der Waals surface area (Å²) in [5.41, 5.74) is 0. The summed E-state index contributed by atoms with van der Waals surface area (Å²) in [6.07, 6.45) is 0.559. The van der Waals surface area contributed by atoms with Gasteiger partial charge >= 0.3 is 0 Å². The average molecular weight is 345 g/mol. The van der Waals surface area contributed by atoms with Gasteiger partial charge in [0.05, 0.1) is 13.2 Å². The monoisotopic (exact) mass is 345 g/mol. The van der Waals surface area contributed by atoms with Gasteiger partial charge in [-0.2, -0.15) is 0 Å². The van der Waals surface area contributed by atoms with Crippen LogP contribution in [0.2, 0.25) is 0 Å². The molecule has 2 rings (SSSR count). The highest BCUT2D eigenvalue weighted by Gasteiger charge is 2.46. The molecule has 24 heavy (non-hydrogen) atoms. The maximum absolute atomic E-state index is 6.20. The first kappa shape index (κ1) is 20.1. The predicted octanol–water partition coefficient (Wildman–Crippen LogP) is 2.41. The minimum atomic E-state index is -0.567. The Labute approximate surface area is 146 Å².